The first-order valence-corrected chi connectivity index (χ1v) is 11.8. The van der Waals surface area contributed by atoms with Gasteiger partial charge < -0.3 is 19.9 Å². The van der Waals surface area contributed by atoms with Crippen LogP contribution in [-0.2, 0) is 16.1 Å². The van der Waals surface area contributed by atoms with Crippen molar-refractivity contribution in [3.8, 4) is 0 Å². The van der Waals surface area contributed by atoms with Crippen molar-refractivity contribution < 1.29 is 9.53 Å². The summed E-state index contributed by atoms with van der Waals surface area (Å²) < 4.78 is 5.75. The van der Waals surface area contributed by atoms with E-state index in [-0.39, 0.29) is 30.0 Å². The summed E-state index contributed by atoms with van der Waals surface area (Å²) in [6.45, 7) is 9.86. The molecule has 1 aromatic rings. The molecule has 0 aliphatic carbocycles. The Hall–Kier alpha value is -1.39. The van der Waals surface area contributed by atoms with Gasteiger partial charge in [0.1, 0.15) is 0 Å². The Labute approximate surface area is 210 Å². The molecule has 0 radical (unpaired) electrons. The minimum absolute atomic E-state index is 0. The molecule has 2 saturated heterocycles. The van der Waals surface area contributed by atoms with Crippen molar-refractivity contribution in [1.82, 2.24) is 20.0 Å². The van der Waals surface area contributed by atoms with Gasteiger partial charge in [0.05, 0.1) is 12.6 Å². The van der Waals surface area contributed by atoms with Gasteiger partial charge >= 0.3 is 0 Å². The number of amides is 1. The molecule has 2 heterocycles. The Bertz CT molecular complexity index is 689. The van der Waals surface area contributed by atoms with E-state index in [1.165, 1.54) is 5.56 Å². The monoisotopic (exact) mass is 557 g/mol. The molecule has 0 saturated carbocycles. The summed E-state index contributed by atoms with van der Waals surface area (Å²) >= 11 is 0. The molecule has 3 rings (SSSR count). The zero-order valence-electron chi connectivity index (χ0n) is 19.7. The molecule has 0 bridgehead atoms. The van der Waals surface area contributed by atoms with Crippen molar-refractivity contribution in [3.05, 3.63) is 35.9 Å². The molecule has 8 heteroatoms. The van der Waals surface area contributed by atoms with Crippen LogP contribution in [0.15, 0.2) is 35.3 Å². The van der Waals surface area contributed by atoms with Gasteiger partial charge in [-0.15, -0.1) is 24.0 Å². The van der Waals surface area contributed by atoms with Gasteiger partial charge in [-0.05, 0) is 38.2 Å². The highest BCUT2D eigenvalue weighted by Crippen LogP contribution is 2.14. The summed E-state index contributed by atoms with van der Waals surface area (Å²) in [4.78, 5) is 23.8. The van der Waals surface area contributed by atoms with Crippen molar-refractivity contribution in [2.24, 2.45) is 4.99 Å². The summed E-state index contributed by atoms with van der Waals surface area (Å²) in [6.07, 6.45) is 4.37. The first kappa shape index (κ1) is 26.9. The molecule has 1 unspecified atom stereocenters. The second-order valence-corrected chi connectivity index (χ2v) is 8.45. The zero-order chi connectivity index (χ0) is 21.9. The van der Waals surface area contributed by atoms with Crippen molar-refractivity contribution in [2.75, 3.05) is 59.5 Å². The van der Waals surface area contributed by atoms with Crippen LogP contribution in [0.25, 0.3) is 0 Å². The predicted octanol–water partition coefficient (Wildman–Crippen LogP) is 2.81. The van der Waals surface area contributed by atoms with Crippen LogP contribution in [0.4, 0.5) is 0 Å². The van der Waals surface area contributed by atoms with Crippen molar-refractivity contribution >= 4 is 35.8 Å². The molecule has 32 heavy (non-hydrogen) atoms. The lowest BCUT2D eigenvalue weighted by molar-refractivity contribution is -0.135. The number of nitrogens with one attached hydrogen (secondary N) is 1. The first-order valence-electron chi connectivity index (χ1n) is 11.8. The van der Waals surface area contributed by atoms with E-state index in [0.717, 1.165) is 84.1 Å². The molecule has 2 aliphatic rings. The number of hydrogen-bond donors (Lipinski definition) is 1. The standard InChI is InChI=1S/C24H39N5O2.HI/c1-21(23(30)28-13-7-8-14-28)27-15-17-29(18-16-27)24(25-2)26-12-6-9-19-31-20-22-10-4-3-5-11-22;/h3-5,10-11,21H,6-9,12-20H2,1-2H3,(H,25,26);1H. The highest BCUT2D eigenvalue weighted by molar-refractivity contribution is 14.0. The van der Waals surface area contributed by atoms with E-state index in [4.69, 9.17) is 4.74 Å². The van der Waals surface area contributed by atoms with Crippen LogP contribution in [0.2, 0.25) is 0 Å². The second kappa shape index (κ2) is 14.7. The Balaban J connectivity index is 0.00000363. The summed E-state index contributed by atoms with van der Waals surface area (Å²) in [5.41, 5.74) is 1.22. The smallest absolute Gasteiger partial charge is 0.239 e. The highest BCUT2D eigenvalue weighted by Gasteiger charge is 2.30. The van der Waals surface area contributed by atoms with E-state index >= 15 is 0 Å². The number of hydrogen-bond acceptors (Lipinski definition) is 4. The van der Waals surface area contributed by atoms with E-state index in [1.807, 2.05) is 30.1 Å². The number of carbonyl (C=O) groups excluding carboxylic acids is 1. The molecule has 1 aromatic carbocycles. The number of ether oxygens (including phenoxy) is 1. The quantitative estimate of drug-likeness (QED) is 0.219. The average molecular weight is 558 g/mol. The molecule has 1 N–H and O–H groups in total. The van der Waals surface area contributed by atoms with Gasteiger partial charge in [-0.2, -0.15) is 0 Å². The number of guanidine groups is 1. The molecule has 180 valence electrons. The molecule has 2 fully saturated rings. The first-order chi connectivity index (χ1) is 15.2. The number of likely N-dealkylation sites (tertiary alicyclic amines) is 1. The topological polar surface area (TPSA) is 60.4 Å². The Morgan fingerprint density at radius 3 is 2.38 bits per heavy atom. The van der Waals surface area contributed by atoms with Crippen LogP contribution < -0.4 is 5.32 Å². The molecule has 7 nitrogen and oxygen atoms in total. The summed E-state index contributed by atoms with van der Waals surface area (Å²) in [6, 6.07) is 10.3. The van der Waals surface area contributed by atoms with E-state index in [2.05, 4.69) is 39.2 Å². The third-order valence-corrected chi connectivity index (χ3v) is 6.26. The molecule has 1 amide bonds. The molecular formula is C24H40IN5O2. The minimum atomic E-state index is -0.0221. The van der Waals surface area contributed by atoms with Gasteiger partial charge in [0.15, 0.2) is 5.96 Å². The number of halogens is 1. The lowest BCUT2D eigenvalue weighted by atomic mass is 10.2. The minimum Gasteiger partial charge on any atom is -0.377 e. The summed E-state index contributed by atoms with van der Waals surface area (Å²) in [5.74, 6) is 1.26. The molecule has 1 atom stereocenters. The SMILES string of the molecule is CN=C(NCCCCOCc1ccccc1)N1CCN(C(C)C(=O)N2CCCC2)CC1.I. The molecule has 2 aliphatic heterocycles. The number of benzene rings is 1. The van der Waals surface area contributed by atoms with E-state index in [1.54, 1.807) is 0 Å². The lowest BCUT2D eigenvalue weighted by Gasteiger charge is -2.39. The fourth-order valence-electron chi connectivity index (χ4n) is 4.30. The Morgan fingerprint density at radius 1 is 1.03 bits per heavy atom. The number of carbonyl (C=O) groups is 1. The number of aliphatic imine (C=N–C) groups is 1. The molecule has 0 aromatic heterocycles. The van der Waals surface area contributed by atoms with E-state index < -0.39 is 0 Å². The summed E-state index contributed by atoms with van der Waals surface area (Å²) in [7, 11) is 1.84. The van der Waals surface area contributed by atoms with E-state index in [0.29, 0.717) is 12.5 Å². The fraction of sp³-hybridized carbons (Fsp3) is 0.667. The maximum absolute atomic E-state index is 12.7. The fourth-order valence-corrected chi connectivity index (χ4v) is 4.30. The van der Waals surface area contributed by atoms with Gasteiger partial charge in [-0.25, -0.2) is 0 Å². The Morgan fingerprint density at radius 2 is 1.72 bits per heavy atom. The third kappa shape index (κ3) is 8.19. The second-order valence-electron chi connectivity index (χ2n) is 8.45. The number of unbranched alkanes of at least 4 members (excludes halogenated alkanes) is 1. The number of piperazine rings is 1. The Kier molecular flexibility index (Phi) is 12.3. The van der Waals surface area contributed by atoms with Crippen LogP contribution >= 0.6 is 24.0 Å². The third-order valence-electron chi connectivity index (χ3n) is 6.26. The van der Waals surface area contributed by atoms with Crippen LogP contribution in [0.3, 0.4) is 0 Å². The number of nitrogens with zero attached hydrogens (tertiary/aromatic N) is 4. The van der Waals surface area contributed by atoms with Gasteiger partial charge in [0.2, 0.25) is 5.91 Å². The highest BCUT2D eigenvalue weighted by atomic mass is 127. The van der Waals surface area contributed by atoms with Gasteiger partial charge in [-0.1, -0.05) is 30.3 Å². The molecular weight excluding hydrogens is 517 g/mol. The largest absolute Gasteiger partial charge is 0.377 e. The van der Waals surface area contributed by atoms with Crippen LogP contribution in [0.1, 0.15) is 38.2 Å². The van der Waals surface area contributed by atoms with Gasteiger partial charge in [0.25, 0.3) is 0 Å². The number of rotatable bonds is 9. The average Bonchev–Trinajstić information content (AvgIpc) is 3.36. The van der Waals surface area contributed by atoms with Crippen molar-refractivity contribution in [3.63, 3.8) is 0 Å². The lowest BCUT2D eigenvalue weighted by Crippen LogP contribution is -2.57. The van der Waals surface area contributed by atoms with Crippen LogP contribution in [0.5, 0.6) is 0 Å². The van der Waals surface area contributed by atoms with Gasteiger partial charge in [0, 0.05) is 59.5 Å². The maximum atomic E-state index is 12.7. The zero-order valence-corrected chi connectivity index (χ0v) is 22.0. The van der Waals surface area contributed by atoms with Crippen molar-refractivity contribution in [2.45, 2.75) is 45.3 Å². The predicted molar refractivity (Wildman–Crippen MR) is 141 cm³/mol. The van der Waals surface area contributed by atoms with Crippen molar-refractivity contribution in [1.29, 1.82) is 0 Å². The summed E-state index contributed by atoms with van der Waals surface area (Å²) in [5, 5.41) is 3.49. The van der Waals surface area contributed by atoms with Gasteiger partial charge in [-0.3, -0.25) is 14.7 Å². The maximum Gasteiger partial charge on any atom is 0.239 e. The molecule has 0 spiro atoms. The van der Waals surface area contributed by atoms with E-state index in [9.17, 15) is 4.79 Å². The van der Waals surface area contributed by atoms with Crippen LogP contribution in [-0.4, -0.2) is 92.1 Å². The van der Waals surface area contributed by atoms with Crippen LogP contribution in [0, 0.1) is 0 Å². The normalized spacial score (nSPS) is 18.4.